The topological polar surface area (TPSA) is 158 Å². The van der Waals surface area contributed by atoms with E-state index >= 15 is 4.39 Å². The fourth-order valence-corrected chi connectivity index (χ4v) is 5.08. The molecule has 3 N–H and O–H groups in total. The molecular weight excluding hydrogens is 512 g/mol. The normalized spacial score (nSPS) is 25.8. The van der Waals surface area contributed by atoms with Crippen LogP contribution in [0.1, 0.15) is 20.8 Å². The SMILES string of the molecule is C=C[C@]1(COP(=O)(NC(C)C(=O)OC(C)C)Oc2ccccc2)OC[C@](F)(n2ccc(=O)[nH]c2=O)[C@@H]1O. The second-order valence-electron chi connectivity index (χ2n) is 8.66. The number of esters is 1. The van der Waals surface area contributed by atoms with Gasteiger partial charge in [-0.2, -0.15) is 5.09 Å². The summed E-state index contributed by atoms with van der Waals surface area (Å²) in [5.74, 6) is -3.43. The molecule has 2 aromatic rings. The van der Waals surface area contributed by atoms with E-state index in [1.807, 2.05) is 4.98 Å². The number of nitrogens with one attached hydrogen (secondary N) is 2. The third-order valence-electron chi connectivity index (χ3n) is 5.48. The Hall–Kier alpha value is -3.09. The number of nitrogens with zero attached hydrogens (tertiary/aromatic N) is 1. The van der Waals surface area contributed by atoms with Gasteiger partial charge in [0, 0.05) is 12.3 Å². The molecular formula is C23H29FN3O9P. The van der Waals surface area contributed by atoms with Gasteiger partial charge >= 0.3 is 19.4 Å². The van der Waals surface area contributed by atoms with Gasteiger partial charge < -0.3 is 19.1 Å². The number of halogens is 1. The molecule has 1 aliphatic rings. The van der Waals surface area contributed by atoms with Crippen molar-refractivity contribution in [2.75, 3.05) is 13.2 Å². The molecule has 0 spiro atoms. The molecule has 14 heteroatoms. The van der Waals surface area contributed by atoms with Gasteiger partial charge in [-0.15, -0.1) is 6.58 Å². The summed E-state index contributed by atoms with van der Waals surface area (Å²) in [4.78, 5) is 37.8. The van der Waals surface area contributed by atoms with Gasteiger partial charge in [0.2, 0.25) is 5.79 Å². The van der Waals surface area contributed by atoms with Crippen molar-refractivity contribution < 1.29 is 37.4 Å². The zero-order valence-corrected chi connectivity index (χ0v) is 21.4. The number of carbonyl (C=O) groups excluding carboxylic acids is 1. The molecule has 1 aliphatic heterocycles. The molecule has 0 aliphatic carbocycles. The van der Waals surface area contributed by atoms with Crippen molar-refractivity contribution in [1.29, 1.82) is 0 Å². The van der Waals surface area contributed by atoms with Gasteiger partial charge in [-0.3, -0.25) is 23.7 Å². The van der Waals surface area contributed by atoms with E-state index in [0.717, 1.165) is 18.3 Å². The van der Waals surface area contributed by atoms with Crippen molar-refractivity contribution in [3.8, 4) is 5.75 Å². The maximum Gasteiger partial charge on any atom is 0.459 e. The summed E-state index contributed by atoms with van der Waals surface area (Å²) in [5.41, 5.74) is -3.87. The molecule has 1 saturated heterocycles. The lowest BCUT2D eigenvalue weighted by Gasteiger charge is -2.33. The molecule has 0 radical (unpaired) electrons. The number of rotatable bonds is 11. The van der Waals surface area contributed by atoms with E-state index in [1.54, 1.807) is 32.0 Å². The molecule has 12 nitrogen and oxygen atoms in total. The molecule has 0 amide bonds. The number of carbonyl (C=O) groups is 1. The molecule has 1 aromatic heterocycles. The zero-order valence-electron chi connectivity index (χ0n) is 20.5. The fourth-order valence-electron chi connectivity index (χ4n) is 3.55. The molecule has 1 fully saturated rings. The van der Waals surface area contributed by atoms with Crippen LogP contribution in [0.3, 0.4) is 0 Å². The highest BCUT2D eigenvalue weighted by Crippen LogP contribution is 2.48. The van der Waals surface area contributed by atoms with E-state index in [0.29, 0.717) is 4.57 Å². The summed E-state index contributed by atoms with van der Waals surface area (Å²) in [6.45, 7) is 6.65. The Morgan fingerprint density at radius 2 is 2.03 bits per heavy atom. The number of benzene rings is 1. The van der Waals surface area contributed by atoms with Gasteiger partial charge in [-0.05, 0) is 32.9 Å². The number of aromatic nitrogens is 2. The monoisotopic (exact) mass is 541 g/mol. The van der Waals surface area contributed by atoms with Crippen LogP contribution in [0.4, 0.5) is 4.39 Å². The van der Waals surface area contributed by atoms with Crippen LogP contribution in [0.15, 0.2) is 64.8 Å². The lowest BCUT2D eigenvalue weighted by molar-refractivity contribution is -0.149. The van der Waals surface area contributed by atoms with E-state index in [-0.39, 0.29) is 5.75 Å². The van der Waals surface area contributed by atoms with E-state index in [9.17, 15) is 24.1 Å². The number of alkyl halides is 1. The Morgan fingerprint density at radius 3 is 2.62 bits per heavy atom. The summed E-state index contributed by atoms with van der Waals surface area (Å²) in [5, 5.41) is 13.4. The number of hydrogen-bond donors (Lipinski definition) is 3. The predicted octanol–water partition coefficient (Wildman–Crippen LogP) is 1.61. The largest absolute Gasteiger partial charge is 0.462 e. The van der Waals surface area contributed by atoms with Crippen molar-refractivity contribution in [3.05, 3.63) is 76.1 Å². The maximum atomic E-state index is 15.9. The van der Waals surface area contributed by atoms with Crippen molar-refractivity contribution in [1.82, 2.24) is 14.6 Å². The Balaban J connectivity index is 1.87. The van der Waals surface area contributed by atoms with Crippen LogP contribution in [0.2, 0.25) is 0 Å². The highest BCUT2D eigenvalue weighted by Gasteiger charge is 2.60. The molecule has 2 heterocycles. The minimum atomic E-state index is -4.39. The Kier molecular flexibility index (Phi) is 8.56. The van der Waals surface area contributed by atoms with Crippen LogP contribution in [-0.4, -0.2) is 57.7 Å². The summed E-state index contributed by atoms with van der Waals surface area (Å²) in [7, 11) is -4.39. The van der Waals surface area contributed by atoms with Crippen LogP contribution in [0.25, 0.3) is 0 Å². The third kappa shape index (κ3) is 6.25. The Labute approximate surface area is 211 Å². The smallest absolute Gasteiger partial charge is 0.459 e. The van der Waals surface area contributed by atoms with E-state index in [1.165, 1.54) is 19.1 Å². The highest BCUT2D eigenvalue weighted by atomic mass is 31.2. The first kappa shape index (κ1) is 28.5. The van der Waals surface area contributed by atoms with E-state index in [4.69, 9.17) is 18.5 Å². The van der Waals surface area contributed by atoms with Crippen molar-refractivity contribution in [3.63, 3.8) is 0 Å². The molecule has 1 aromatic carbocycles. The number of aromatic amines is 1. The Morgan fingerprint density at radius 1 is 1.35 bits per heavy atom. The quantitative estimate of drug-likeness (QED) is 0.217. The first-order valence-electron chi connectivity index (χ1n) is 11.3. The van der Waals surface area contributed by atoms with Crippen LogP contribution < -0.4 is 20.9 Å². The first-order chi connectivity index (χ1) is 17.3. The molecule has 3 rings (SSSR count). The molecule has 2 unspecified atom stereocenters. The standard InChI is InChI=1S/C23H29FN3O9P/c1-5-22(20(30)23(24,14-33-22)27-12-11-18(28)25-21(27)31)13-34-37(32,36-17-9-7-6-8-10-17)26-16(4)19(29)35-15(2)3/h5-12,15-16,20,30H,1,13-14H2,2-4H3,(H,26,32)(H,25,28,31)/t16?,20-,22-,23+,37?/m1/s1. The van der Waals surface area contributed by atoms with Crippen LogP contribution >= 0.6 is 7.75 Å². The maximum absolute atomic E-state index is 15.9. The van der Waals surface area contributed by atoms with Crippen molar-refractivity contribution in [2.24, 2.45) is 0 Å². The number of para-hydroxylation sites is 1. The second-order valence-corrected chi connectivity index (χ2v) is 10.4. The number of H-pyrrole nitrogens is 1. The third-order valence-corrected chi connectivity index (χ3v) is 7.10. The minimum absolute atomic E-state index is 0.128. The van der Waals surface area contributed by atoms with E-state index in [2.05, 4.69) is 11.7 Å². The summed E-state index contributed by atoms with van der Waals surface area (Å²) in [6, 6.07) is 7.68. The molecule has 202 valence electrons. The highest BCUT2D eigenvalue weighted by molar-refractivity contribution is 7.52. The van der Waals surface area contributed by atoms with Crippen LogP contribution in [0, 0.1) is 0 Å². The van der Waals surface area contributed by atoms with Gasteiger partial charge in [-0.25, -0.2) is 13.8 Å². The van der Waals surface area contributed by atoms with Crippen molar-refractivity contribution in [2.45, 2.75) is 50.4 Å². The van der Waals surface area contributed by atoms with Crippen molar-refractivity contribution >= 4 is 13.7 Å². The average Bonchev–Trinajstić information content (AvgIpc) is 3.09. The van der Waals surface area contributed by atoms with Gasteiger partial charge in [0.1, 0.15) is 30.1 Å². The van der Waals surface area contributed by atoms with Gasteiger partial charge in [0.05, 0.1) is 12.7 Å². The Bertz CT molecular complexity index is 1280. The number of aliphatic hydroxyl groups is 1. The first-order valence-corrected chi connectivity index (χ1v) is 12.8. The number of hydrogen-bond acceptors (Lipinski definition) is 9. The van der Waals surface area contributed by atoms with Gasteiger partial charge in [-0.1, -0.05) is 24.3 Å². The lowest BCUT2D eigenvalue weighted by Crippen LogP contribution is -2.53. The second kappa shape index (κ2) is 11.1. The number of aliphatic hydroxyl groups excluding tert-OH is 1. The molecule has 37 heavy (non-hydrogen) atoms. The summed E-state index contributed by atoms with van der Waals surface area (Å²) >= 11 is 0. The summed E-state index contributed by atoms with van der Waals surface area (Å²) < 4.78 is 51.8. The van der Waals surface area contributed by atoms with Crippen LogP contribution in [-0.2, 0) is 29.1 Å². The molecule has 0 saturated carbocycles. The van der Waals surface area contributed by atoms with Gasteiger partial charge in [0.15, 0.2) is 0 Å². The lowest BCUT2D eigenvalue weighted by atomic mass is 9.93. The van der Waals surface area contributed by atoms with Crippen LogP contribution in [0.5, 0.6) is 5.75 Å². The average molecular weight is 541 g/mol. The predicted molar refractivity (Wildman–Crippen MR) is 130 cm³/mol. The molecule has 5 atom stereocenters. The summed E-state index contributed by atoms with van der Waals surface area (Å²) in [6.07, 6.45) is -0.610. The molecule has 0 bridgehead atoms. The fraction of sp³-hybridized carbons (Fsp3) is 0.435. The number of ether oxygens (including phenoxy) is 2. The van der Waals surface area contributed by atoms with E-state index < -0.39 is 67.8 Å². The van der Waals surface area contributed by atoms with Gasteiger partial charge in [0.25, 0.3) is 5.56 Å². The zero-order chi connectivity index (χ0) is 27.4. The minimum Gasteiger partial charge on any atom is -0.462 e.